The molecule has 0 amide bonds. The van der Waals surface area contributed by atoms with E-state index in [0.717, 1.165) is 38.9 Å². The Morgan fingerprint density at radius 1 is 0.935 bits per heavy atom. The molecule has 0 saturated heterocycles. The van der Waals surface area contributed by atoms with E-state index in [9.17, 15) is 4.79 Å². The number of rotatable bonds is 7. The van der Waals surface area contributed by atoms with Crippen LogP contribution in [0.2, 0.25) is 10.0 Å². The predicted octanol–water partition coefficient (Wildman–Crippen LogP) is 6.83. The van der Waals surface area contributed by atoms with E-state index in [4.69, 9.17) is 32.7 Å². The number of aromatic amines is 1. The van der Waals surface area contributed by atoms with Crippen molar-refractivity contribution in [3.05, 3.63) is 88.0 Å². The zero-order chi connectivity index (χ0) is 21.8. The molecule has 0 aliphatic heterocycles. The van der Waals surface area contributed by atoms with Gasteiger partial charge in [-0.05, 0) is 71.0 Å². The van der Waals surface area contributed by atoms with Crippen molar-refractivity contribution >= 4 is 40.1 Å². The minimum absolute atomic E-state index is 0.227. The topological polar surface area (TPSA) is 51.3 Å². The van der Waals surface area contributed by atoms with Gasteiger partial charge in [-0.25, -0.2) is 0 Å². The number of aryl methyl sites for hydroxylation is 1. The lowest BCUT2D eigenvalue weighted by Gasteiger charge is -2.14. The Morgan fingerprint density at radius 2 is 1.77 bits per heavy atom. The number of nitrogens with one attached hydrogen (secondary N) is 1. The predicted molar refractivity (Wildman–Crippen MR) is 125 cm³/mol. The minimum Gasteiger partial charge on any atom is -0.488 e. The molecule has 0 aliphatic carbocycles. The summed E-state index contributed by atoms with van der Waals surface area (Å²) in [5, 5.41) is 2.13. The zero-order valence-electron chi connectivity index (χ0n) is 17.0. The molecule has 0 saturated carbocycles. The molecule has 0 fully saturated rings. The Bertz CT molecular complexity index is 1230. The van der Waals surface area contributed by atoms with Gasteiger partial charge < -0.3 is 14.5 Å². The van der Waals surface area contributed by atoms with Crippen LogP contribution in [-0.2, 0) is 22.6 Å². The van der Waals surface area contributed by atoms with E-state index in [-0.39, 0.29) is 5.97 Å². The maximum atomic E-state index is 11.6. The lowest BCUT2D eigenvalue weighted by Crippen LogP contribution is -2.02. The third kappa shape index (κ3) is 5.04. The Hall–Kier alpha value is -2.95. The summed E-state index contributed by atoms with van der Waals surface area (Å²) in [5.74, 6) is 0.526. The van der Waals surface area contributed by atoms with Crippen molar-refractivity contribution in [3.63, 3.8) is 0 Å². The smallest absolute Gasteiger partial charge is 0.305 e. The first-order valence-corrected chi connectivity index (χ1v) is 10.6. The molecule has 0 unspecified atom stereocenters. The van der Waals surface area contributed by atoms with Crippen LogP contribution in [0.1, 0.15) is 17.5 Å². The molecule has 1 N–H and O–H groups in total. The molecule has 4 nitrogen and oxygen atoms in total. The lowest BCUT2D eigenvalue weighted by molar-refractivity contribution is -0.140. The summed E-state index contributed by atoms with van der Waals surface area (Å²) in [6.07, 6.45) is 2.85. The molecular formula is C25H21Cl2NO3. The van der Waals surface area contributed by atoms with Crippen molar-refractivity contribution in [1.29, 1.82) is 0 Å². The molecule has 0 atom stereocenters. The lowest BCUT2D eigenvalue weighted by atomic mass is 9.98. The van der Waals surface area contributed by atoms with Crippen LogP contribution in [0.25, 0.3) is 22.0 Å². The van der Waals surface area contributed by atoms with E-state index in [1.165, 1.54) is 7.11 Å². The Kier molecular flexibility index (Phi) is 6.50. The maximum Gasteiger partial charge on any atom is 0.305 e. The number of benzene rings is 3. The number of hydrogen-bond acceptors (Lipinski definition) is 3. The van der Waals surface area contributed by atoms with Crippen molar-refractivity contribution in [3.8, 4) is 16.9 Å². The van der Waals surface area contributed by atoms with Crippen LogP contribution in [0.4, 0.5) is 0 Å². The Labute approximate surface area is 190 Å². The number of ether oxygens (including phenoxy) is 2. The van der Waals surface area contributed by atoms with Crippen molar-refractivity contribution in [2.45, 2.75) is 19.4 Å². The van der Waals surface area contributed by atoms with Crippen LogP contribution in [-0.4, -0.2) is 18.1 Å². The van der Waals surface area contributed by atoms with Crippen LogP contribution in [0.5, 0.6) is 5.75 Å². The fourth-order valence-electron chi connectivity index (χ4n) is 3.44. The van der Waals surface area contributed by atoms with Crippen molar-refractivity contribution in [2.75, 3.05) is 7.11 Å². The molecule has 3 aromatic carbocycles. The summed E-state index contributed by atoms with van der Waals surface area (Å²) >= 11 is 12.1. The second kappa shape index (κ2) is 9.46. The standard InChI is InChI=1S/C25H21Cl2NO3/c1-30-25(29)9-4-16-3-8-24(31-15-17-2-6-21(26)22(27)13-17)20(12-16)18-5-7-23-19(14-18)10-11-28-23/h2-3,5-8,10-14,28H,4,9,15H2,1H3. The first-order valence-electron chi connectivity index (χ1n) is 9.87. The van der Waals surface area contributed by atoms with E-state index in [1.54, 1.807) is 12.1 Å². The molecule has 4 rings (SSSR count). The first-order chi connectivity index (χ1) is 15.0. The number of halogens is 2. The summed E-state index contributed by atoms with van der Waals surface area (Å²) < 4.78 is 10.9. The maximum absolute atomic E-state index is 11.6. The number of methoxy groups -OCH3 is 1. The van der Waals surface area contributed by atoms with E-state index in [2.05, 4.69) is 29.2 Å². The molecular weight excluding hydrogens is 433 g/mol. The van der Waals surface area contributed by atoms with Crippen LogP contribution >= 0.6 is 23.2 Å². The average molecular weight is 454 g/mol. The molecule has 1 aromatic heterocycles. The van der Waals surface area contributed by atoms with Gasteiger partial charge in [-0.15, -0.1) is 0 Å². The summed E-state index contributed by atoms with van der Waals surface area (Å²) in [4.78, 5) is 14.8. The van der Waals surface area contributed by atoms with E-state index >= 15 is 0 Å². The molecule has 0 spiro atoms. The van der Waals surface area contributed by atoms with Crippen molar-refractivity contribution in [1.82, 2.24) is 4.98 Å². The van der Waals surface area contributed by atoms with E-state index in [1.807, 2.05) is 30.5 Å². The molecule has 1 heterocycles. The van der Waals surface area contributed by atoms with Gasteiger partial charge in [0.2, 0.25) is 0 Å². The molecule has 31 heavy (non-hydrogen) atoms. The highest BCUT2D eigenvalue weighted by Gasteiger charge is 2.11. The average Bonchev–Trinajstić information content (AvgIpc) is 3.26. The molecule has 158 valence electrons. The number of H-pyrrole nitrogens is 1. The highest BCUT2D eigenvalue weighted by molar-refractivity contribution is 6.42. The molecule has 4 aromatic rings. The number of esters is 1. The molecule has 0 aliphatic rings. The number of hydrogen-bond donors (Lipinski definition) is 1. The highest BCUT2D eigenvalue weighted by atomic mass is 35.5. The first kappa shape index (κ1) is 21.3. The van der Waals surface area contributed by atoms with Gasteiger partial charge in [0, 0.05) is 23.7 Å². The van der Waals surface area contributed by atoms with Gasteiger partial charge in [0.15, 0.2) is 0 Å². The second-order valence-corrected chi connectivity index (χ2v) is 8.04. The third-order valence-corrected chi connectivity index (χ3v) is 5.87. The Morgan fingerprint density at radius 3 is 2.58 bits per heavy atom. The van der Waals surface area contributed by atoms with Crippen LogP contribution in [0.3, 0.4) is 0 Å². The van der Waals surface area contributed by atoms with Crippen LogP contribution < -0.4 is 4.74 Å². The fraction of sp³-hybridized carbons (Fsp3) is 0.160. The fourth-order valence-corrected chi connectivity index (χ4v) is 3.76. The number of aromatic nitrogens is 1. The van der Waals surface area contributed by atoms with E-state index < -0.39 is 0 Å². The van der Waals surface area contributed by atoms with Crippen LogP contribution in [0, 0.1) is 0 Å². The Balaban J connectivity index is 1.65. The van der Waals surface area contributed by atoms with Gasteiger partial charge in [0.05, 0.1) is 17.2 Å². The van der Waals surface area contributed by atoms with Crippen molar-refractivity contribution < 1.29 is 14.3 Å². The second-order valence-electron chi connectivity index (χ2n) is 7.22. The summed E-state index contributed by atoms with van der Waals surface area (Å²) in [6, 6.07) is 19.7. The number of carbonyl (C=O) groups excluding carboxylic acids is 1. The van der Waals surface area contributed by atoms with Crippen molar-refractivity contribution in [2.24, 2.45) is 0 Å². The van der Waals surface area contributed by atoms with Gasteiger partial charge in [-0.1, -0.05) is 41.4 Å². The summed E-state index contributed by atoms with van der Waals surface area (Å²) in [5.41, 5.74) is 5.04. The largest absolute Gasteiger partial charge is 0.488 e. The number of carbonyl (C=O) groups is 1. The molecule has 6 heteroatoms. The minimum atomic E-state index is -0.227. The summed E-state index contributed by atoms with van der Waals surface area (Å²) in [6.45, 7) is 0.359. The van der Waals surface area contributed by atoms with Gasteiger partial charge in [0.25, 0.3) is 0 Å². The van der Waals surface area contributed by atoms with E-state index in [0.29, 0.717) is 29.5 Å². The normalized spacial score (nSPS) is 10.9. The summed E-state index contributed by atoms with van der Waals surface area (Å²) in [7, 11) is 1.40. The quantitative estimate of drug-likeness (QED) is 0.312. The SMILES string of the molecule is COC(=O)CCc1ccc(OCc2ccc(Cl)c(Cl)c2)c(-c2ccc3[nH]ccc3c2)c1. The monoisotopic (exact) mass is 453 g/mol. The highest BCUT2D eigenvalue weighted by Crippen LogP contribution is 2.34. The van der Waals surface area contributed by atoms with Gasteiger partial charge in [0.1, 0.15) is 12.4 Å². The van der Waals surface area contributed by atoms with Gasteiger partial charge in [-0.3, -0.25) is 4.79 Å². The number of fused-ring (bicyclic) bond motifs is 1. The van der Waals surface area contributed by atoms with Crippen LogP contribution in [0.15, 0.2) is 66.9 Å². The zero-order valence-corrected chi connectivity index (χ0v) is 18.5. The third-order valence-electron chi connectivity index (χ3n) is 5.13. The van der Waals surface area contributed by atoms with Gasteiger partial charge >= 0.3 is 5.97 Å². The molecule has 0 bridgehead atoms. The molecule has 0 radical (unpaired) electrons. The van der Waals surface area contributed by atoms with Gasteiger partial charge in [-0.2, -0.15) is 0 Å².